The highest BCUT2D eigenvalue weighted by Crippen LogP contribution is 2.33. The van der Waals surface area contributed by atoms with Crippen LogP contribution in [0.4, 0.5) is 0 Å². The first kappa shape index (κ1) is 22.7. The number of ether oxygens (including phenoxy) is 2. The minimum absolute atomic E-state index is 0.00129. The number of benzene rings is 2. The van der Waals surface area contributed by atoms with Crippen molar-refractivity contribution in [1.82, 2.24) is 15.2 Å². The lowest BCUT2D eigenvalue weighted by Crippen LogP contribution is -2.47. The maximum absolute atomic E-state index is 12.5. The Labute approximate surface area is 193 Å². The summed E-state index contributed by atoms with van der Waals surface area (Å²) in [7, 11) is 4.04. The zero-order chi connectivity index (χ0) is 22.7. The van der Waals surface area contributed by atoms with E-state index in [0.717, 1.165) is 40.2 Å². The second-order valence-corrected chi connectivity index (χ2v) is 10.2. The summed E-state index contributed by atoms with van der Waals surface area (Å²) in [6.45, 7) is 5.49. The van der Waals surface area contributed by atoms with Crippen molar-refractivity contribution in [2.75, 3.05) is 27.3 Å². The van der Waals surface area contributed by atoms with E-state index in [1.165, 1.54) is 4.70 Å². The van der Waals surface area contributed by atoms with Crippen LogP contribution in [-0.4, -0.2) is 54.7 Å². The number of hydrogen-bond acceptors (Lipinski definition) is 6. The molecule has 1 amide bonds. The first-order chi connectivity index (χ1) is 15.3. The average molecular weight is 454 g/mol. The molecule has 1 N–H and O–H groups in total. The van der Waals surface area contributed by atoms with Gasteiger partial charge in [-0.05, 0) is 71.1 Å². The fourth-order valence-electron chi connectivity index (χ4n) is 4.08. The summed E-state index contributed by atoms with van der Waals surface area (Å²) in [5.74, 6) is 0.629. The van der Waals surface area contributed by atoms with Crippen LogP contribution in [0.2, 0.25) is 0 Å². The molecule has 2 heterocycles. The number of para-hydroxylation sites is 1. The number of fused-ring (bicyclic) bond motifs is 1. The van der Waals surface area contributed by atoms with E-state index < -0.39 is 0 Å². The molecule has 32 heavy (non-hydrogen) atoms. The van der Waals surface area contributed by atoms with Gasteiger partial charge in [-0.1, -0.05) is 12.1 Å². The van der Waals surface area contributed by atoms with E-state index in [-0.39, 0.29) is 24.2 Å². The van der Waals surface area contributed by atoms with Gasteiger partial charge < -0.3 is 19.7 Å². The third-order valence-corrected chi connectivity index (χ3v) is 6.59. The van der Waals surface area contributed by atoms with Crippen LogP contribution in [0.3, 0.4) is 0 Å². The molecule has 1 unspecified atom stereocenters. The van der Waals surface area contributed by atoms with Crippen molar-refractivity contribution >= 4 is 27.5 Å². The molecular formula is C25H31N3O3S. The van der Waals surface area contributed by atoms with Gasteiger partial charge in [0, 0.05) is 30.3 Å². The molecule has 7 heteroatoms. The molecule has 6 nitrogen and oxygen atoms in total. The Morgan fingerprint density at radius 2 is 2.09 bits per heavy atom. The van der Waals surface area contributed by atoms with Crippen LogP contribution >= 0.6 is 11.3 Å². The summed E-state index contributed by atoms with van der Waals surface area (Å²) in [4.78, 5) is 19.4. The highest BCUT2D eigenvalue weighted by Gasteiger charge is 2.29. The van der Waals surface area contributed by atoms with Gasteiger partial charge in [0.25, 0.3) is 5.91 Å². The van der Waals surface area contributed by atoms with Gasteiger partial charge in [-0.2, -0.15) is 0 Å². The minimum Gasteiger partial charge on any atom is -0.483 e. The van der Waals surface area contributed by atoms with Crippen LogP contribution in [0.1, 0.15) is 32.3 Å². The molecule has 0 aliphatic carbocycles. The fraction of sp³-hybridized carbons (Fsp3) is 0.440. The molecule has 1 fully saturated rings. The Morgan fingerprint density at radius 1 is 1.28 bits per heavy atom. The highest BCUT2D eigenvalue weighted by molar-refractivity contribution is 7.21. The second-order valence-electron chi connectivity index (χ2n) is 9.20. The molecule has 0 radical (unpaired) electrons. The minimum atomic E-state index is -0.202. The topological polar surface area (TPSA) is 63.7 Å². The molecule has 1 saturated heterocycles. The van der Waals surface area contributed by atoms with Crippen molar-refractivity contribution in [2.45, 2.75) is 44.9 Å². The van der Waals surface area contributed by atoms with Crippen LogP contribution in [0.15, 0.2) is 42.5 Å². The summed E-state index contributed by atoms with van der Waals surface area (Å²) >= 11 is 1.68. The van der Waals surface area contributed by atoms with Gasteiger partial charge in [-0.3, -0.25) is 4.79 Å². The zero-order valence-corrected chi connectivity index (χ0v) is 20.0. The smallest absolute Gasteiger partial charge is 0.258 e. The van der Waals surface area contributed by atoms with Crippen LogP contribution in [0, 0.1) is 0 Å². The molecule has 2 aromatic carbocycles. The van der Waals surface area contributed by atoms with E-state index >= 15 is 0 Å². The quantitative estimate of drug-likeness (QED) is 0.572. The lowest BCUT2D eigenvalue weighted by Gasteiger charge is -2.35. The third kappa shape index (κ3) is 5.65. The van der Waals surface area contributed by atoms with Gasteiger partial charge in [0.05, 0.1) is 15.8 Å². The number of aromatic nitrogens is 1. The Kier molecular flexibility index (Phi) is 6.79. The molecule has 0 saturated carbocycles. The monoisotopic (exact) mass is 453 g/mol. The zero-order valence-electron chi connectivity index (χ0n) is 19.2. The predicted molar refractivity (Wildman–Crippen MR) is 129 cm³/mol. The summed E-state index contributed by atoms with van der Waals surface area (Å²) < 4.78 is 12.9. The van der Waals surface area contributed by atoms with Gasteiger partial charge in [0.15, 0.2) is 6.61 Å². The van der Waals surface area contributed by atoms with Crippen LogP contribution in [0.5, 0.6) is 5.75 Å². The normalized spacial score (nSPS) is 18.1. The van der Waals surface area contributed by atoms with Crippen molar-refractivity contribution in [3.05, 3.63) is 48.0 Å². The highest BCUT2D eigenvalue weighted by atomic mass is 32.1. The summed E-state index contributed by atoms with van der Waals surface area (Å²) in [5, 5.41) is 4.08. The number of rotatable bonds is 7. The van der Waals surface area contributed by atoms with Crippen LogP contribution < -0.4 is 10.1 Å². The summed E-state index contributed by atoms with van der Waals surface area (Å²) in [6, 6.07) is 14.4. The maximum Gasteiger partial charge on any atom is 0.258 e. The molecule has 3 aromatic rings. The van der Waals surface area contributed by atoms with Crippen molar-refractivity contribution in [1.29, 1.82) is 0 Å². The first-order valence-corrected chi connectivity index (χ1v) is 11.8. The molecule has 1 atom stereocenters. The Hall–Kier alpha value is -2.48. The molecule has 1 aliphatic heterocycles. The van der Waals surface area contributed by atoms with Crippen LogP contribution in [-0.2, 0) is 16.1 Å². The molecule has 0 spiro atoms. The van der Waals surface area contributed by atoms with E-state index in [2.05, 4.69) is 36.2 Å². The van der Waals surface area contributed by atoms with Gasteiger partial charge in [-0.15, -0.1) is 11.3 Å². The van der Waals surface area contributed by atoms with E-state index in [9.17, 15) is 4.79 Å². The van der Waals surface area contributed by atoms with Gasteiger partial charge >= 0.3 is 0 Å². The van der Waals surface area contributed by atoms with Crippen molar-refractivity contribution in [3.63, 3.8) is 0 Å². The molecule has 170 valence electrons. The van der Waals surface area contributed by atoms with Crippen molar-refractivity contribution in [3.8, 4) is 16.3 Å². The van der Waals surface area contributed by atoms with Gasteiger partial charge in [0.1, 0.15) is 10.8 Å². The molecule has 1 aromatic heterocycles. The Morgan fingerprint density at radius 3 is 2.84 bits per heavy atom. The number of carbonyl (C=O) groups excluding carboxylic acids is 1. The number of nitrogens with zero attached hydrogens (tertiary/aromatic N) is 2. The van der Waals surface area contributed by atoms with Gasteiger partial charge in [-0.25, -0.2) is 4.98 Å². The Bertz CT molecular complexity index is 1060. The van der Waals surface area contributed by atoms with E-state index in [0.29, 0.717) is 13.2 Å². The maximum atomic E-state index is 12.5. The lowest BCUT2D eigenvalue weighted by molar-refractivity contribution is -0.126. The van der Waals surface area contributed by atoms with E-state index in [1.807, 2.05) is 44.4 Å². The summed E-state index contributed by atoms with van der Waals surface area (Å²) in [5.41, 5.74) is 2.90. The van der Waals surface area contributed by atoms with E-state index in [4.69, 9.17) is 14.5 Å². The number of nitrogens with one attached hydrogen (secondary N) is 1. The summed E-state index contributed by atoms with van der Waals surface area (Å²) in [6.07, 6.45) is 1.64. The third-order valence-electron chi connectivity index (χ3n) is 5.51. The first-order valence-electron chi connectivity index (χ1n) is 11.0. The number of thiazole rings is 1. The second kappa shape index (κ2) is 9.57. The molecule has 4 rings (SSSR count). The van der Waals surface area contributed by atoms with Crippen molar-refractivity contribution in [2.24, 2.45) is 0 Å². The number of carbonyl (C=O) groups is 1. The SMILES string of the molecule is CN(C)Cc1cc(-c2nc3ccccc3s2)ccc1OCC(=O)NC1CCOC(C)(C)C1. The van der Waals surface area contributed by atoms with Crippen LogP contribution in [0.25, 0.3) is 20.8 Å². The Balaban J connectivity index is 1.46. The predicted octanol–water partition coefficient (Wildman–Crippen LogP) is 4.48. The average Bonchev–Trinajstić information content (AvgIpc) is 3.16. The standard InChI is InChI=1S/C25H31N3O3S/c1-25(2)14-19(11-12-31-25)26-23(29)16-30-21-10-9-17(13-18(21)15-28(3)4)24-27-20-7-5-6-8-22(20)32-24/h5-10,13,19H,11-12,14-16H2,1-4H3,(H,26,29). The van der Waals surface area contributed by atoms with E-state index in [1.54, 1.807) is 11.3 Å². The molecular weight excluding hydrogens is 422 g/mol. The lowest BCUT2D eigenvalue weighted by atomic mass is 9.94. The van der Waals surface area contributed by atoms with Crippen molar-refractivity contribution < 1.29 is 14.3 Å². The molecule has 1 aliphatic rings. The largest absolute Gasteiger partial charge is 0.483 e. The number of amides is 1. The number of hydrogen-bond donors (Lipinski definition) is 1. The molecule has 0 bridgehead atoms. The van der Waals surface area contributed by atoms with Gasteiger partial charge in [0.2, 0.25) is 0 Å². The fourth-order valence-corrected chi connectivity index (χ4v) is 5.04.